The number of aryl methyl sites for hydroxylation is 1. The molecule has 1 amide bonds. The molecule has 0 radical (unpaired) electrons. The lowest BCUT2D eigenvalue weighted by atomic mass is 9.99. The number of ether oxygens (including phenoxy) is 3. The van der Waals surface area contributed by atoms with Crippen LogP contribution in [0.25, 0.3) is 0 Å². The summed E-state index contributed by atoms with van der Waals surface area (Å²) in [5.41, 5.74) is -1.75. The molecule has 5 nitrogen and oxygen atoms in total. The van der Waals surface area contributed by atoms with Gasteiger partial charge in [0.25, 0.3) is 5.91 Å². The lowest BCUT2D eigenvalue weighted by Crippen LogP contribution is -2.57. The standard InChI is InChI=1S/C18H24F3NO4/c1-12-9-14-15(10-13(12)18(19,20)21)26-17(2,11-25-4)16(23)22(14)7-5-6-8-24-3/h9-10H,5-8,11H2,1-4H3. The van der Waals surface area contributed by atoms with E-state index in [1.165, 1.54) is 31.9 Å². The van der Waals surface area contributed by atoms with Crippen LogP contribution in [0.1, 0.15) is 30.9 Å². The molecule has 1 aromatic carbocycles. The van der Waals surface area contributed by atoms with Crippen molar-refractivity contribution in [3.8, 4) is 5.75 Å². The van der Waals surface area contributed by atoms with Gasteiger partial charge < -0.3 is 19.1 Å². The molecule has 0 aromatic heterocycles. The number of hydrogen-bond acceptors (Lipinski definition) is 4. The second-order valence-corrected chi connectivity index (χ2v) is 6.56. The molecule has 2 rings (SSSR count). The average Bonchev–Trinajstić information content (AvgIpc) is 2.54. The number of hydrogen-bond donors (Lipinski definition) is 0. The Morgan fingerprint density at radius 3 is 2.46 bits per heavy atom. The topological polar surface area (TPSA) is 48.0 Å². The van der Waals surface area contributed by atoms with Crippen molar-refractivity contribution in [2.45, 2.75) is 38.5 Å². The predicted octanol–water partition coefficient (Wildman–Crippen LogP) is 3.57. The van der Waals surface area contributed by atoms with E-state index in [1.54, 1.807) is 7.11 Å². The van der Waals surface area contributed by atoms with Gasteiger partial charge in [0, 0.05) is 27.4 Å². The zero-order valence-corrected chi connectivity index (χ0v) is 15.4. The Morgan fingerprint density at radius 1 is 1.19 bits per heavy atom. The van der Waals surface area contributed by atoms with Crippen molar-refractivity contribution in [1.29, 1.82) is 0 Å². The third kappa shape index (κ3) is 4.12. The summed E-state index contributed by atoms with van der Waals surface area (Å²) in [4.78, 5) is 14.4. The molecule has 0 N–H and O–H groups in total. The molecule has 1 aliphatic heterocycles. The predicted molar refractivity (Wildman–Crippen MR) is 90.6 cm³/mol. The van der Waals surface area contributed by atoms with E-state index in [0.29, 0.717) is 25.3 Å². The molecule has 1 atom stereocenters. The molecular weight excluding hydrogens is 351 g/mol. The zero-order valence-electron chi connectivity index (χ0n) is 15.4. The van der Waals surface area contributed by atoms with Gasteiger partial charge in [0.05, 0.1) is 17.9 Å². The van der Waals surface area contributed by atoms with Gasteiger partial charge in [-0.2, -0.15) is 13.2 Å². The first kappa shape index (κ1) is 20.5. The molecule has 0 fully saturated rings. The SMILES string of the molecule is COCCCCN1C(=O)C(C)(COC)Oc2cc(C(F)(F)F)c(C)cc21. The summed E-state index contributed by atoms with van der Waals surface area (Å²) in [6.45, 7) is 3.75. The van der Waals surface area contributed by atoms with Crippen LogP contribution in [0.3, 0.4) is 0 Å². The van der Waals surface area contributed by atoms with Gasteiger partial charge in [-0.15, -0.1) is 0 Å². The molecule has 1 heterocycles. The lowest BCUT2D eigenvalue weighted by Gasteiger charge is -2.41. The summed E-state index contributed by atoms with van der Waals surface area (Å²) in [7, 11) is 3.00. The van der Waals surface area contributed by atoms with Crippen molar-refractivity contribution in [3.05, 3.63) is 23.3 Å². The van der Waals surface area contributed by atoms with Crippen molar-refractivity contribution in [3.63, 3.8) is 0 Å². The fourth-order valence-corrected chi connectivity index (χ4v) is 3.06. The number of benzene rings is 1. The smallest absolute Gasteiger partial charge is 0.416 e. The van der Waals surface area contributed by atoms with Crippen LogP contribution >= 0.6 is 0 Å². The number of carbonyl (C=O) groups is 1. The van der Waals surface area contributed by atoms with Gasteiger partial charge in [-0.05, 0) is 44.4 Å². The quantitative estimate of drug-likeness (QED) is 0.684. The molecule has 0 spiro atoms. The van der Waals surface area contributed by atoms with Crippen molar-refractivity contribution < 1.29 is 32.2 Å². The van der Waals surface area contributed by atoms with E-state index in [-0.39, 0.29) is 23.8 Å². The van der Waals surface area contributed by atoms with Crippen molar-refractivity contribution in [1.82, 2.24) is 0 Å². The first-order valence-electron chi connectivity index (χ1n) is 8.34. The van der Waals surface area contributed by atoms with E-state index < -0.39 is 17.3 Å². The number of rotatable bonds is 7. The van der Waals surface area contributed by atoms with E-state index in [1.807, 2.05) is 0 Å². The number of carbonyl (C=O) groups excluding carboxylic acids is 1. The largest absolute Gasteiger partial charge is 0.473 e. The number of amides is 1. The zero-order chi connectivity index (χ0) is 19.5. The van der Waals surface area contributed by atoms with Crippen LogP contribution < -0.4 is 9.64 Å². The van der Waals surface area contributed by atoms with Gasteiger partial charge >= 0.3 is 6.18 Å². The molecule has 146 valence electrons. The minimum atomic E-state index is -4.50. The van der Waals surface area contributed by atoms with Gasteiger partial charge in [-0.1, -0.05) is 0 Å². The molecule has 26 heavy (non-hydrogen) atoms. The maximum absolute atomic E-state index is 13.2. The average molecular weight is 375 g/mol. The Morgan fingerprint density at radius 2 is 1.88 bits per heavy atom. The molecular formula is C18H24F3NO4. The van der Waals surface area contributed by atoms with Crippen LogP contribution in [0.15, 0.2) is 12.1 Å². The Kier molecular flexibility index (Phi) is 6.18. The van der Waals surface area contributed by atoms with Crippen LogP contribution in [0.5, 0.6) is 5.75 Å². The molecule has 8 heteroatoms. The summed E-state index contributed by atoms with van der Waals surface area (Å²) in [6, 6.07) is 2.33. The monoisotopic (exact) mass is 375 g/mol. The fourth-order valence-electron chi connectivity index (χ4n) is 3.06. The lowest BCUT2D eigenvalue weighted by molar-refractivity contribution is -0.139. The highest BCUT2D eigenvalue weighted by Crippen LogP contribution is 2.43. The Hall–Kier alpha value is -1.80. The fraction of sp³-hybridized carbons (Fsp3) is 0.611. The van der Waals surface area contributed by atoms with E-state index >= 15 is 0 Å². The maximum atomic E-state index is 13.2. The molecule has 0 aliphatic carbocycles. The van der Waals surface area contributed by atoms with Gasteiger partial charge in [0.1, 0.15) is 5.75 Å². The van der Waals surface area contributed by atoms with Crippen LogP contribution in [0, 0.1) is 6.92 Å². The van der Waals surface area contributed by atoms with Gasteiger partial charge in [0.2, 0.25) is 5.60 Å². The minimum Gasteiger partial charge on any atom is -0.473 e. The third-order valence-electron chi connectivity index (χ3n) is 4.33. The van der Waals surface area contributed by atoms with Gasteiger partial charge in [-0.3, -0.25) is 4.79 Å². The molecule has 0 saturated heterocycles. The number of unbranched alkanes of at least 4 members (excludes halogenated alkanes) is 1. The Bertz CT molecular complexity index is 663. The normalized spacial score (nSPS) is 20.1. The first-order chi connectivity index (χ1) is 12.1. The number of methoxy groups -OCH3 is 2. The van der Waals surface area contributed by atoms with E-state index in [4.69, 9.17) is 14.2 Å². The minimum absolute atomic E-state index is 0.0359. The van der Waals surface area contributed by atoms with Crippen LogP contribution in [0.4, 0.5) is 18.9 Å². The number of alkyl halides is 3. The first-order valence-corrected chi connectivity index (χ1v) is 8.34. The number of fused-ring (bicyclic) bond motifs is 1. The summed E-state index contributed by atoms with van der Waals surface area (Å²) in [5, 5.41) is 0. The molecule has 0 bridgehead atoms. The highest BCUT2D eigenvalue weighted by molar-refractivity contribution is 6.03. The van der Waals surface area contributed by atoms with Crippen molar-refractivity contribution >= 4 is 11.6 Å². The van der Waals surface area contributed by atoms with E-state index in [0.717, 1.165) is 12.5 Å². The van der Waals surface area contributed by atoms with Gasteiger partial charge in [0.15, 0.2) is 0 Å². The number of nitrogens with zero attached hydrogens (tertiary/aromatic N) is 1. The molecule has 1 aliphatic rings. The molecule has 0 saturated carbocycles. The second-order valence-electron chi connectivity index (χ2n) is 6.56. The third-order valence-corrected chi connectivity index (χ3v) is 4.33. The highest BCUT2D eigenvalue weighted by Gasteiger charge is 2.46. The summed E-state index contributed by atoms with van der Waals surface area (Å²) >= 11 is 0. The molecule has 1 unspecified atom stereocenters. The van der Waals surface area contributed by atoms with Gasteiger partial charge in [-0.25, -0.2) is 0 Å². The van der Waals surface area contributed by atoms with Crippen molar-refractivity contribution in [2.75, 3.05) is 38.9 Å². The van der Waals surface area contributed by atoms with Crippen LogP contribution in [0.2, 0.25) is 0 Å². The maximum Gasteiger partial charge on any atom is 0.416 e. The second kappa shape index (κ2) is 7.84. The van der Waals surface area contributed by atoms with E-state index in [2.05, 4.69) is 0 Å². The number of anilines is 1. The Labute approximate surface area is 151 Å². The Balaban J connectivity index is 2.45. The summed E-state index contributed by atoms with van der Waals surface area (Å²) < 4.78 is 55.5. The van der Waals surface area contributed by atoms with Crippen LogP contribution in [-0.2, 0) is 20.4 Å². The summed E-state index contributed by atoms with van der Waals surface area (Å²) in [5.74, 6) is -0.294. The molecule has 1 aromatic rings. The number of halogens is 3. The van der Waals surface area contributed by atoms with Crippen molar-refractivity contribution in [2.24, 2.45) is 0 Å². The highest BCUT2D eigenvalue weighted by atomic mass is 19.4. The van der Waals surface area contributed by atoms with E-state index in [9.17, 15) is 18.0 Å². The van der Waals surface area contributed by atoms with Crippen LogP contribution in [-0.4, -0.2) is 45.5 Å². The summed E-state index contributed by atoms with van der Waals surface area (Å²) in [6.07, 6.45) is -3.11.